The number of nitrogens with one attached hydrogen (secondary N) is 1. The van der Waals surface area contributed by atoms with Crippen LogP contribution in [0.4, 0.5) is 0 Å². The topological polar surface area (TPSA) is 61.8 Å². The average molecular weight is 292 g/mol. The van der Waals surface area contributed by atoms with Gasteiger partial charge in [0.2, 0.25) is 0 Å². The number of likely N-dealkylation sites (N-methyl/N-ethyl adjacent to an activating group) is 2. The van der Waals surface area contributed by atoms with Crippen molar-refractivity contribution in [1.82, 2.24) is 10.2 Å². The Morgan fingerprint density at radius 3 is 2.86 bits per heavy atom. The molecule has 0 unspecified atom stereocenters. The van der Waals surface area contributed by atoms with Gasteiger partial charge in [-0.25, -0.2) is 0 Å². The number of ether oxygens (including phenoxy) is 1. The van der Waals surface area contributed by atoms with Crippen LogP contribution in [-0.2, 0) is 11.3 Å². The number of carbonyl (C=O) groups excluding carboxylic acids is 1. The number of carbonyl (C=O) groups is 1. The van der Waals surface area contributed by atoms with Crippen molar-refractivity contribution in [3.05, 3.63) is 29.8 Å². The summed E-state index contributed by atoms with van der Waals surface area (Å²) < 4.78 is 5.58. The highest BCUT2D eigenvalue weighted by Crippen LogP contribution is 2.26. The first-order valence-corrected chi connectivity index (χ1v) is 7.41. The quantitative estimate of drug-likeness (QED) is 0.826. The molecule has 1 aliphatic rings. The van der Waals surface area contributed by atoms with Crippen molar-refractivity contribution in [2.75, 3.05) is 20.7 Å². The Balaban J connectivity index is 2.00. The number of aliphatic hydroxyl groups is 1. The Morgan fingerprint density at radius 1 is 1.43 bits per heavy atom. The number of nitrogens with zero attached hydrogens (tertiary/aromatic N) is 1. The summed E-state index contributed by atoms with van der Waals surface area (Å²) in [6.45, 7) is 0.717. The van der Waals surface area contributed by atoms with Crippen molar-refractivity contribution in [3.8, 4) is 5.75 Å². The van der Waals surface area contributed by atoms with Crippen molar-refractivity contribution < 1.29 is 14.6 Å². The molecule has 0 saturated heterocycles. The number of aliphatic hydroxyl groups excluding tert-OH is 1. The van der Waals surface area contributed by atoms with Crippen LogP contribution in [0, 0.1) is 0 Å². The molecule has 0 aromatic heterocycles. The van der Waals surface area contributed by atoms with Crippen LogP contribution in [0.1, 0.15) is 24.8 Å². The van der Waals surface area contributed by atoms with Gasteiger partial charge in [0, 0.05) is 25.2 Å². The van der Waals surface area contributed by atoms with Crippen LogP contribution in [0.15, 0.2) is 24.3 Å². The Kier molecular flexibility index (Phi) is 5.59. The van der Waals surface area contributed by atoms with Crippen LogP contribution >= 0.6 is 0 Å². The smallest absolute Gasteiger partial charge is 0.257 e. The lowest BCUT2D eigenvalue weighted by Crippen LogP contribution is -2.37. The lowest BCUT2D eigenvalue weighted by Gasteiger charge is -2.27. The van der Waals surface area contributed by atoms with Crippen LogP contribution in [-0.4, -0.2) is 48.8 Å². The first-order chi connectivity index (χ1) is 10.1. The van der Waals surface area contributed by atoms with Crippen molar-refractivity contribution in [1.29, 1.82) is 0 Å². The third-order valence-electron chi connectivity index (χ3n) is 4.04. The zero-order chi connectivity index (χ0) is 15.2. The first-order valence-electron chi connectivity index (χ1n) is 7.41. The maximum Gasteiger partial charge on any atom is 0.257 e. The molecule has 2 rings (SSSR count). The second-order valence-corrected chi connectivity index (χ2v) is 5.55. The van der Waals surface area contributed by atoms with Gasteiger partial charge in [-0.2, -0.15) is 0 Å². The molecule has 0 radical (unpaired) electrons. The summed E-state index contributed by atoms with van der Waals surface area (Å²) in [4.78, 5) is 13.5. The molecular formula is C16H24N2O3. The second kappa shape index (κ2) is 7.43. The molecule has 1 amide bonds. The summed E-state index contributed by atoms with van der Waals surface area (Å²) in [5, 5.41) is 12.5. The number of amides is 1. The average Bonchev–Trinajstić information content (AvgIpc) is 2.92. The zero-order valence-corrected chi connectivity index (χ0v) is 12.7. The molecule has 0 bridgehead atoms. The molecule has 1 aromatic carbocycles. The number of rotatable bonds is 6. The molecule has 0 heterocycles. The largest absolute Gasteiger partial charge is 0.483 e. The van der Waals surface area contributed by atoms with Crippen LogP contribution in [0.25, 0.3) is 0 Å². The van der Waals surface area contributed by atoms with E-state index in [-0.39, 0.29) is 24.7 Å². The van der Waals surface area contributed by atoms with Gasteiger partial charge in [-0.3, -0.25) is 9.69 Å². The SMILES string of the molecule is CNC(=O)COc1ccccc1CN(C)[C@@H]1CCC[C@H]1O. The van der Waals surface area contributed by atoms with E-state index in [1.807, 2.05) is 31.3 Å². The highest BCUT2D eigenvalue weighted by molar-refractivity contribution is 5.77. The van der Waals surface area contributed by atoms with Gasteiger partial charge < -0.3 is 15.2 Å². The molecule has 1 fully saturated rings. The lowest BCUT2D eigenvalue weighted by atomic mass is 10.1. The molecule has 2 N–H and O–H groups in total. The summed E-state index contributed by atoms with van der Waals surface area (Å²) in [7, 11) is 3.61. The van der Waals surface area contributed by atoms with E-state index in [0.29, 0.717) is 6.54 Å². The minimum atomic E-state index is -0.242. The zero-order valence-electron chi connectivity index (χ0n) is 12.7. The predicted octanol–water partition coefficient (Wildman–Crippen LogP) is 1.16. The summed E-state index contributed by atoms with van der Waals surface area (Å²) in [5.41, 5.74) is 1.03. The molecular weight excluding hydrogens is 268 g/mol. The maximum absolute atomic E-state index is 11.3. The van der Waals surface area contributed by atoms with Gasteiger partial charge in [-0.15, -0.1) is 0 Å². The molecule has 2 atom stereocenters. The van der Waals surface area contributed by atoms with Gasteiger partial charge >= 0.3 is 0 Å². The number of benzene rings is 1. The van der Waals surface area contributed by atoms with Gasteiger partial charge in [0.1, 0.15) is 5.75 Å². The minimum absolute atomic E-state index is 0.0171. The van der Waals surface area contributed by atoms with E-state index in [2.05, 4.69) is 10.2 Å². The van der Waals surface area contributed by atoms with E-state index in [1.165, 1.54) is 0 Å². The third-order valence-corrected chi connectivity index (χ3v) is 4.04. The molecule has 1 aromatic rings. The summed E-state index contributed by atoms with van der Waals surface area (Å²) in [6, 6.07) is 7.93. The Bertz CT molecular complexity index is 478. The van der Waals surface area contributed by atoms with Crippen LogP contribution < -0.4 is 10.1 Å². The van der Waals surface area contributed by atoms with Crippen molar-refractivity contribution in [2.24, 2.45) is 0 Å². The van der Waals surface area contributed by atoms with E-state index in [4.69, 9.17) is 4.74 Å². The van der Waals surface area contributed by atoms with Crippen LogP contribution in [0.3, 0.4) is 0 Å². The molecule has 5 nitrogen and oxygen atoms in total. The molecule has 0 aliphatic heterocycles. The Morgan fingerprint density at radius 2 is 2.19 bits per heavy atom. The normalized spacial score (nSPS) is 21.5. The molecule has 116 valence electrons. The van der Waals surface area contributed by atoms with Gasteiger partial charge in [-0.05, 0) is 32.4 Å². The molecule has 0 spiro atoms. The van der Waals surface area contributed by atoms with E-state index >= 15 is 0 Å². The van der Waals surface area contributed by atoms with Gasteiger partial charge in [0.15, 0.2) is 6.61 Å². The lowest BCUT2D eigenvalue weighted by molar-refractivity contribution is -0.122. The van der Waals surface area contributed by atoms with Crippen molar-refractivity contribution in [2.45, 2.75) is 38.0 Å². The molecule has 1 aliphatic carbocycles. The van der Waals surface area contributed by atoms with E-state index < -0.39 is 0 Å². The maximum atomic E-state index is 11.3. The standard InChI is InChI=1S/C16H24N2O3/c1-17-16(20)11-21-15-9-4-3-6-12(15)10-18(2)13-7-5-8-14(13)19/h3-4,6,9,13-14,19H,5,7-8,10-11H2,1-2H3,(H,17,20)/t13-,14-/m1/s1. The van der Waals surface area contributed by atoms with E-state index in [9.17, 15) is 9.90 Å². The number of hydrogen-bond donors (Lipinski definition) is 2. The van der Waals surface area contributed by atoms with Gasteiger partial charge in [0.25, 0.3) is 5.91 Å². The summed E-state index contributed by atoms with van der Waals surface area (Å²) in [6.07, 6.45) is 2.74. The summed E-state index contributed by atoms with van der Waals surface area (Å²) >= 11 is 0. The summed E-state index contributed by atoms with van der Waals surface area (Å²) in [5.74, 6) is 0.574. The van der Waals surface area contributed by atoms with E-state index in [1.54, 1.807) is 7.05 Å². The van der Waals surface area contributed by atoms with Crippen LogP contribution in [0.2, 0.25) is 0 Å². The predicted molar refractivity (Wildman–Crippen MR) is 81.1 cm³/mol. The first kappa shape index (κ1) is 15.8. The van der Waals surface area contributed by atoms with E-state index in [0.717, 1.165) is 30.6 Å². The van der Waals surface area contributed by atoms with Crippen molar-refractivity contribution in [3.63, 3.8) is 0 Å². The number of para-hydroxylation sites is 1. The molecule has 1 saturated carbocycles. The van der Waals surface area contributed by atoms with Crippen LogP contribution in [0.5, 0.6) is 5.75 Å². The Labute approximate surface area is 125 Å². The third kappa shape index (κ3) is 4.19. The minimum Gasteiger partial charge on any atom is -0.483 e. The number of hydrogen-bond acceptors (Lipinski definition) is 4. The van der Waals surface area contributed by atoms with Gasteiger partial charge in [0.05, 0.1) is 6.10 Å². The monoisotopic (exact) mass is 292 g/mol. The molecule has 5 heteroatoms. The Hall–Kier alpha value is -1.59. The fourth-order valence-corrected chi connectivity index (χ4v) is 2.81. The highest BCUT2D eigenvalue weighted by atomic mass is 16.5. The molecule has 21 heavy (non-hydrogen) atoms. The fraction of sp³-hybridized carbons (Fsp3) is 0.562. The highest BCUT2D eigenvalue weighted by Gasteiger charge is 2.28. The second-order valence-electron chi connectivity index (χ2n) is 5.55. The van der Waals surface area contributed by atoms with Crippen molar-refractivity contribution >= 4 is 5.91 Å². The fourth-order valence-electron chi connectivity index (χ4n) is 2.81. The van der Waals surface area contributed by atoms with Gasteiger partial charge in [-0.1, -0.05) is 18.2 Å².